The summed E-state index contributed by atoms with van der Waals surface area (Å²) in [6.45, 7) is 5.90. The highest BCUT2D eigenvalue weighted by Gasteiger charge is 1.99. The standard InChI is InChI=1S/C8H11NO2.C2H6/c1-6-5-9(2)8(10)4-7(6)11-3;1-2/h4-5H,1-3H3;1-2H3. The molecule has 1 aromatic rings. The number of methoxy groups -OCH3 is 1. The van der Waals surface area contributed by atoms with Gasteiger partial charge in [-0.2, -0.15) is 0 Å². The molecule has 0 aliphatic carbocycles. The van der Waals surface area contributed by atoms with Crippen molar-refractivity contribution >= 4 is 0 Å². The number of ether oxygens (including phenoxy) is 1. The van der Waals surface area contributed by atoms with Crippen molar-refractivity contribution in [2.75, 3.05) is 7.11 Å². The van der Waals surface area contributed by atoms with Gasteiger partial charge in [-0.15, -0.1) is 0 Å². The van der Waals surface area contributed by atoms with Crippen LogP contribution >= 0.6 is 0 Å². The fourth-order valence-corrected chi connectivity index (χ4v) is 0.965. The van der Waals surface area contributed by atoms with E-state index in [0.717, 1.165) is 5.56 Å². The van der Waals surface area contributed by atoms with E-state index in [1.54, 1.807) is 20.4 Å². The van der Waals surface area contributed by atoms with Crippen molar-refractivity contribution < 1.29 is 4.74 Å². The molecule has 0 aliphatic heterocycles. The lowest BCUT2D eigenvalue weighted by molar-refractivity contribution is 0.409. The summed E-state index contributed by atoms with van der Waals surface area (Å²) in [5, 5.41) is 0. The summed E-state index contributed by atoms with van der Waals surface area (Å²) in [5.41, 5.74) is 0.919. The van der Waals surface area contributed by atoms with E-state index >= 15 is 0 Å². The number of hydrogen-bond acceptors (Lipinski definition) is 2. The predicted octanol–water partition coefficient (Wildman–Crippen LogP) is 1.73. The lowest BCUT2D eigenvalue weighted by atomic mass is 10.3. The molecule has 0 saturated heterocycles. The molecule has 13 heavy (non-hydrogen) atoms. The van der Waals surface area contributed by atoms with Gasteiger partial charge in [0.15, 0.2) is 0 Å². The molecule has 1 heterocycles. The Morgan fingerprint density at radius 3 is 2.38 bits per heavy atom. The average Bonchev–Trinajstić information content (AvgIpc) is 2.15. The topological polar surface area (TPSA) is 31.2 Å². The van der Waals surface area contributed by atoms with Gasteiger partial charge in [-0.1, -0.05) is 13.8 Å². The Labute approximate surface area is 79.0 Å². The Bertz CT molecular complexity index is 315. The maximum Gasteiger partial charge on any atom is 0.253 e. The highest BCUT2D eigenvalue weighted by atomic mass is 16.5. The van der Waals surface area contributed by atoms with E-state index in [9.17, 15) is 4.79 Å². The first-order chi connectivity index (χ1) is 6.15. The Morgan fingerprint density at radius 1 is 1.38 bits per heavy atom. The summed E-state index contributed by atoms with van der Waals surface area (Å²) in [7, 11) is 3.27. The van der Waals surface area contributed by atoms with Gasteiger partial charge in [-0.3, -0.25) is 4.79 Å². The molecule has 0 aromatic carbocycles. The van der Waals surface area contributed by atoms with E-state index in [4.69, 9.17) is 4.74 Å². The van der Waals surface area contributed by atoms with Gasteiger partial charge in [0, 0.05) is 24.9 Å². The van der Waals surface area contributed by atoms with Gasteiger partial charge in [0.25, 0.3) is 5.56 Å². The molecular weight excluding hydrogens is 166 g/mol. The zero-order valence-corrected chi connectivity index (χ0v) is 8.92. The zero-order valence-electron chi connectivity index (χ0n) is 8.92. The third-order valence-corrected chi connectivity index (χ3v) is 1.60. The van der Waals surface area contributed by atoms with E-state index in [-0.39, 0.29) is 5.56 Å². The number of aryl methyl sites for hydroxylation is 2. The van der Waals surface area contributed by atoms with E-state index in [1.165, 1.54) is 10.6 Å². The summed E-state index contributed by atoms with van der Waals surface area (Å²) >= 11 is 0. The molecule has 0 aliphatic rings. The molecule has 0 bridgehead atoms. The molecule has 0 saturated carbocycles. The Balaban J connectivity index is 0.000000671. The molecular formula is C10H17NO2. The van der Waals surface area contributed by atoms with Crippen LogP contribution in [-0.2, 0) is 7.05 Å². The normalized spacial score (nSPS) is 8.69. The molecule has 0 atom stereocenters. The molecule has 0 unspecified atom stereocenters. The molecule has 74 valence electrons. The van der Waals surface area contributed by atoms with Crippen LogP contribution in [0.15, 0.2) is 17.1 Å². The summed E-state index contributed by atoms with van der Waals surface area (Å²) in [5.74, 6) is 0.646. The molecule has 0 radical (unpaired) electrons. The molecule has 0 amide bonds. The summed E-state index contributed by atoms with van der Waals surface area (Å²) < 4.78 is 6.49. The lowest BCUT2D eigenvalue weighted by Crippen LogP contribution is -2.15. The fourth-order valence-electron chi connectivity index (χ4n) is 0.965. The second kappa shape index (κ2) is 5.41. The number of pyridine rings is 1. The van der Waals surface area contributed by atoms with Gasteiger partial charge in [0.05, 0.1) is 7.11 Å². The summed E-state index contributed by atoms with van der Waals surface area (Å²) in [6.07, 6.45) is 1.75. The molecule has 1 rings (SSSR count). The van der Waals surface area contributed by atoms with Crippen molar-refractivity contribution in [3.63, 3.8) is 0 Å². The minimum Gasteiger partial charge on any atom is -0.496 e. The maximum atomic E-state index is 11.0. The van der Waals surface area contributed by atoms with E-state index < -0.39 is 0 Å². The number of nitrogens with zero attached hydrogens (tertiary/aromatic N) is 1. The fraction of sp³-hybridized carbons (Fsp3) is 0.500. The van der Waals surface area contributed by atoms with Gasteiger partial charge in [0.1, 0.15) is 5.75 Å². The first-order valence-corrected chi connectivity index (χ1v) is 4.36. The minimum atomic E-state index is -0.0487. The van der Waals surface area contributed by atoms with E-state index in [2.05, 4.69) is 0 Å². The van der Waals surface area contributed by atoms with Gasteiger partial charge < -0.3 is 9.30 Å². The SMILES string of the molecule is CC.COc1cc(=O)n(C)cc1C. The highest BCUT2D eigenvalue weighted by Crippen LogP contribution is 2.11. The Kier molecular flexibility index (Phi) is 4.89. The molecule has 0 fully saturated rings. The van der Waals surface area contributed by atoms with Crippen LogP contribution < -0.4 is 10.3 Å². The smallest absolute Gasteiger partial charge is 0.253 e. The van der Waals surface area contributed by atoms with Crippen molar-refractivity contribution in [1.29, 1.82) is 0 Å². The van der Waals surface area contributed by atoms with Crippen molar-refractivity contribution in [3.8, 4) is 5.75 Å². The third-order valence-electron chi connectivity index (χ3n) is 1.60. The van der Waals surface area contributed by atoms with Crippen molar-refractivity contribution in [1.82, 2.24) is 4.57 Å². The van der Waals surface area contributed by atoms with Crippen LogP contribution in [0.3, 0.4) is 0 Å². The van der Waals surface area contributed by atoms with Gasteiger partial charge in [-0.25, -0.2) is 0 Å². The monoisotopic (exact) mass is 183 g/mol. The van der Waals surface area contributed by atoms with Crippen LogP contribution in [0, 0.1) is 6.92 Å². The van der Waals surface area contributed by atoms with Gasteiger partial charge >= 0.3 is 0 Å². The molecule has 1 aromatic heterocycles. The van der Waals surface area contributed by atoms with Crippen LogP contribution in [0.2, 0.25) is 0 Å². The minimum absolute atomic E-state index is 0.0487. The van der Waals surface area contributed by atoms with Crippen molar-refractivity contribution in [3.05, 3.63) is 28.2 Å². The quantitative estimate of drug-likeness (QED) is 0.664. The highest BCUT2D eigenvalue weighted by molar-refractivity contribution is 5.28. The Hall–Kier alpha value is -1.25. The van der Waals surface area contributed by atoms with Crippen LogP contribution in [-0.4, -0.2) is 11.7 Å². The first-order valence-electron chi connectivity index (χ1n) is 4.36. The second-order valence-electron chi connectivity index (χ2n) is 2.47. The van der Waals surface area contributed by atoms with Crippen LogP contribution in [0.5, 0.6) is 5.75 Å². The second-order valence-corrected chi connectivity index (χ2v) is 2.47. The van der Waals surface area contributed by atoms with Crippen molar-refractivity contribution in [2.45, 2.75) is 20.8 Å². The molecule has 0 spiro atoms. The third kappa shape index (κ3) is 2.93. The number of rotatable bonds is 1. The number of aromatic nitrogens is 1. The molecule has 3 nitrogen and oxygen atoms in total. The van der Waals surface area contributed by atoms with Gasteiger partial charge in [0.2, 0.25) is 0 Å². The maximum absolute atomic E-state index is 11.0. The molecule has 0 N–H and O–H groups in total. The van der Waals surface area contributed by atoms with Crippen LogP contribution in [0.1, 0.15) is 19.4 Å². The zero-order chi connectivity index (χ0) is 10.4. The Morgan fingerprint density at radius 2 is 1.92 bits per heavy atom. The van der Waals surface area contributed by atoms with Crippen molar-refractivity contribution in [2.24, 2.45) is 7.05 Å². The van der Waals surface area contributed by atoms with Gasteiger partial charge in [-0.05, 0) is 6.92 Å². The molecule has 3 heteroatoms. The first kappa shape index (κ1) is 11.8. The largest absolute Gasteiger partial charge is 0.496 e. The summed E-state index contributed by atoms with van der Waals surface area (Å²) in [4.78, 5) is 11.0. The predicted molar refractivity (Wildman–Crippen MR) is 54.3 cm³/mol. The van der Waals surface area contributed by atoms with E-state index in [1.807, 2.05) is 20.8 Å². The van der Waals surface area contributed by atoms with Crippen LogP contribution in [0.4, 0.5) is 0 Å². The summed E-state index contributed by atoms with van der Waals surface area (Å²) in [6, 6.07) is 1.48. The van der Waals surface area contributed by atoms with Crippen LogP contribution in [0.25, 0.3) is 0 Å². The lowest BCUT2D eigenvalue weighted by Gasteiger charge is -2.04. The average molecular weight is 183 g/mol. The van der Waals surface area contributed by atoms with E-state index in [0.29, 0.717) is 5.75 Å². The number of hydrogen-bond donors (Lipinski definition) is 0.